The van der Waals surface area contributed by atoms with Crippen LogP contribution in [0.25, 0.3) is 0 Å². The summed E-state index contributed by atoms with van der Waals surface area (Å²) in [6.45, 7) is 2.87. The van der Waals surface area contributed by atoms with Gasteiger partial charge in [0.1, 0.15) is 5.01 Å². The topological polar surface area (TPSA) is 49.3 Å². The molecule has 0 atom stereocenters. The molecule has 0 fully saturated rings. The Hall–Kier alpha value is -1.36. The number of nitrogens with zero attached hydrogens (tertiary/aromatic N) is 2. The van der Waals surface area contributed by atoms with Crippen LogP contribution in [0.4, 0.5) is 13.2 Å². The monoisotopic (exact) mass is 484 g/mol. The van der Waals surface area contributed by atoms with Crippen LogP contribution in [0, 0.1) is 0 Å². The summed E-state index contributed by atoms with van der Waals surface area (Å²) in [5.74, 6) is 0.518. The van der Waals surface area contributed by atoms with Gasteiger partial charge in [-0.15, -0.1) is 35.3 Å². The summed E-state index contributed by atoms with van der Waals surface area (Å²) in [4.78, 5) is 7.66. The fourth-order valence-electron chi connectivity index (χ4n) is 2.16. The Morgan fingerprint density at radius 1 is 1.16 bits per heavy atom. The van der Waals surface area contributed by atoms with Gasteiger partial charge in [0.2, 0.25) is 0 Å². The number of hydrogen-bond donors (Lipinski definition) is 2. The molecule has 0 saturated heterocycles. The number of guanidine groups is 1. The van der Waals surface area contributed by atoms with Crippen molar-refractivity contribution in [1.29, 1.82) is 0 Å². The minimum atomic E-state index is -4.40. The zero-order valence-electron chi connectivity index (χ0n) is 13.9. The van der Waals surface area contributed by atoms with Crippen LogP contribution in [0.2, 0.25) is 0 Å². The number of halogens is 4. The zero-order chi connectivity index (χ0) is 17.6. The summed E-state index contributed by atoms with van der Waals surface area (Å²) in [5, 5.41) is 7.52. The lowest BCUT2D eigenvalue weighted by Gasteiger charge is -2.13. The standard InChI is InChI=1S/C16H19F3N4S.HI/c1-3-11-6-4-5-7-12(11)8-21-15(20-2)22-9-14-23-13(10-24-14)16(17,18)19;/h4-7,10H,3,8-9H2,1-2H3,(H2,20,21,22);1H. The first-order valence-electron chi connectivity index (χ1n) is 7.47. The maximum Gasteiger partial charge on any atom is 0.434 e. The number of aryl methyl sites for hydroxylation is 1. The molecular formula is C16H20F3IN4S. The van der Waals surface area contributed by atoms with E-state index in [1.54, 1.807) is 7.05 Å². The highest BCUT2D eigenvalue weighted by molar-refractivity contribution is 14.0. The minimum Gasteiger partial charge on any atom is -0.352 e. The van der Waals surface area contributed by atoms with Gasteiger partial charge in [0.05, 0.1) is 6.54 Å². The molecule has 0 bridgehead atoms. The van der Waals surface area contributed by atoms with Crippen LogP contribution in [0.3, 0.4) is 0 Å². The van der Waals surface area contributed by atoms with Gasteiger partial charge in [0, 0.05) is 19.0 Å². The van der Waals surface area contributed by atoms with Crippen LogP contribution in [0.15, 0.2) is 34.6 Å². The van der Waals surface area contributed by atoms with Crippen molar-refractivity contribution in [2.75, 3.05) is 7.05 Å². The Morgan fingerprint density at radius 2 is 1.80 bits per heavy atom. The molecule has 0 amide bonds. The van der Waals surface area contributed by atoms with E-state index in [9.17, 15) is 13.2 Å². The Bertz CT molecular complexity index is 701. The van der Waals surface area contributed by atoms with Crippen LogP contribution in [0.5, 0.6) is 0 Å². The summed E-state index contributed by atoms with van der Waals surface area (Å²) >= 11 is 0.973. The molecule has 2 N–H and O–H groups in total. The van der Waals surface area contributed by atoms with Crippen LogP contribution in [-0.4, -0.2) is 18.0 Å². The van der Waals surface area contributed by atoms with Gasteiger partial charge >= 0.3 is 6.18 Å². The van der Waals surface area contributed by atoms with Crippen molar-refractivity contribution < 1.29 is 13.2 Å². The maximum absolute atomic E-state index is 12.5. The van der Waals surface area contributed by atoms with Gasteiger partial charge in [-0.05, 0) is 17.5 Å². The molecule has 138 valence electrons. The first-order valence-corrected chi connectivity index (χ1v) is 8.35. The molecule has 0 aliphatic rings. The summed E-state index contributed by atoms with van der Waals surface area (Å²) in [5.41, 5.74) is 1.55. The second-order valence-corrected chi connectivity index (χ2v) is 5.97. The molecule has 4 nitrogen and oxygen atoms in total. The molecule has 0 spiro atoms. The highest BCUT2D eigenvalue weighted by Crippen LogP contribution is 2.29. The van der Waals surface area contributed by atoms with Crippen molar-refractivity contribution in [2.24, 2.45) is 4.99 Å². The van der Waals surface area contributed by atoms with Gasteiger partial charge in [-0.25, -0.2) is 4.98 Å². The third-order valence-corrected chi connectivity index (χ3v) is 4.27. The Kier molecular flexibility index (Phi) is 8.63. The SMILES string of the molecule is CCc1ccccc1CNC(=NC)NCc1nc(C(F)(F)F)cs1.I. The number of hydrogen-bond acceptors (Lipinski definition) is 3. The van der Waals surface area contributed by atoms with E-state index in [0.717, 1.165) is 28.7 Å². The van der Waals surface area contributed by atoms with Gasteiger partial charge in [-0.2, -0.15) is 13.2 Å². The molecule has 2 rings (SSSR count). The van der Waals surface area contributed by atoms with Gasteiger partial charge in [-0.3, -0.25) is 4.99 Å². The van der Waals surface area contributed by atoms with Crippen molar-refractivity contribution in [1.82, 2.24) is 15.6 Å². The minimum absolute atomic E-state index is 0. The Balaban J connectivity index is 0.00000312. The molecule has 25 heavy (non-hydrogen) atoms. The van der Waals surface area contributed by atoms with Crippen molar-refractivity contribution in [3.63, 3.8) is 0 Å². The molecule has 9 heteroatoms. The quantitative estimate of drug-likeness (QED) is 0.380. The van der Waals surface area contributed by atoms with Crippen molar-refractivity contribution >= 4 is 41.3 Å². The summed E-state index contributed by atoms with van der Waals surface area (Å²) < 4.78 is 37.6. The van der Waals surface area contributed by atoms with Gasteiger partial charge < -0.3 is 10.6 Å². The van der Waals surface area contributed by atoms with E-state index in [1.165, 1.54) is 5.56 Å². The third-order valence-electron chi connectivity index (χ3n) is 3.42. The van der Waals surface area contributed by atoms with Crippen LogP contribution in [0.1, 0.15) is 28.8 Å². The lowest BCUT2D eigenvalue weighted by atomic mass is 10.1. The second-order valence-electron chi connectivity index (χ2n) is 5.03. The van der Waals surface area contributed by atoms with Gasteiger partial charge in [0.15, 0.2) is 11.7 Å². The number of nitrogens with one attached hydrogen (secondary N) is 2. The molecule has 2 aromatic rings. The summed E-state index contributed by atoms with van der Waals surface area (Å²) in [7, 11) is 1.62. The maximum atomic E-state index is 12.5. The van der Waals surface area contributed by atoms with Crippen LogP contribution < -0.4 is 10.6 Å². The summed E-state index contributed by atoms with van der Waals surface area (Å²) in [6.07, 6.45) is -3.47. The first kappa shape index (κ1) is 21.7. The van der Waals surface area contributed by atoms with E-state index >= 15 is 0 Å². The van der Waals surface area contributed by atoms with E-state index in [0.29, 0.717) is 17.5 Å². The number of alkyl halides is 3. The van der Waals surface area contributed by atoms with E-state index < -0.39 is 11.9 Å². The van der Waals surface area contributed by atoms with E-state index in [1.807, 2.05) is 18.2 Å². The van der Waals surface area contributed by atoms with Crippen molar-refractivity contribution in [2.45, 2.75) is 32.6 Å². The summed E-state index contributed by atoms with van der Waals surface area (Å²) in [6, 6.07) is 8.08. The van der Waals surface area contributed by atoms with Crippen LogP contribution in [-0.2, 0) is 25.7 Å². The fourth-order valence-corrected chi connectivity index (χ4v) is 2.90. The lowest BCUT2D eigenvalue weighted by molar-refractivity contribution is -0.140. The number of aromatic nitrogens is 1. The Morgan fingerprint density at radius 3 is 2.36 bits per heavy atom. The molecule has 1 aromatic carbocycles. The third kappa shape index (κ3) is 6.46. The van der Waals surface area contributed by atoms with E-state index in [4.69, 9.17) is 0 Å². The zero-order valence-corrected chi connectivity index (χ0v) is 17.0. The Labute approximate surface area is 166 Å². The van der Waals surface area contributed by atoms with Gasteiger partial charge in [0.25, 0.3) is 0 Å². The molecule has 0 aliphatic carbocycles. The number of rotatable bonds is 5. The molecule has 0 unspecified atom stereocenters. The molecule has 1 heterocycles. The molecular weight excluding hydrogens is 464 g/mol. The highest BCUT2D eigenvalue weighted by atomic mass is 127. The van der Waals surface area contributed by atoms with Crippen molar-refractivity contribution in [3.05, 3.63) is 51.5 Å². The average Bonchev–Trinajstić information content (AvgIpc) is 3.04. The van der Waals surface area contributed by atoms with Crippen LogP contribution >= 0.6 is 35.3 Å². The number of thiazole rings is 1. The molecule has 0 saturated carbocycles. The smallest absolute Gasteiger partial charge is 0.352 e. The van der Waals surface area contributed by atoms with Crippen molar-refractivity contribution in [3.8, 4) is 0 Å². The molecule has 0 radical (unpaired) electrons. The highest BCUT2D eigenvalue weighted by Gasteiger charge is 2.33. The molecule has 1 aromatic heterocycles. The fraction of sp³-hybridized carbons (Fsp3) is 0.375. The largest absolute Gasteiger partial charge is 0.434 e. The van der Waals surface area contributed by atoms with Gasteiger partial charge in [-0.1, -0.05) is 31.2 Å². The lowest BCUT2D eigenvalue weighted by Crippen LogP contribution is -2.36. The second kappa shape index (κ2) is 9.95. The predicted octanol–water partition coefficient (Wildman–Crippen LogP) is 4.21. The predicted molar refractivity (Wildman–Crippen MR) is 105 cm³/mol. The van der Waals surface area contributed by atoms with E-state index in [2.05, 4.69) is 33.6 Å². The first-order chi connectivity index (χ1) is 11.4. The van der Waals surface area contributed by atoms with E-state index in [-0.39, 0.29) is 30.5 Å². The number of aliphatic imine (C=N–C) groups is 1. The molecule has 0 aliphatic heterocycles. The number of benzene rings is 1. The normalized spacial score (nSPS) is 11.8. The average molecular weight is 484 g/mol.